The Labute approximate surface area is 167 Å². The van der Waals surface area contributed by atoms with Crippen molar-refractivity contribution in [1.82, 2.24) is 4.98 Å². The van der Waals surface area contributed by atoms with E-state index >= 15 is 0 Å². The summed E-state index contributed by atoms with van der Waals surface area (Å²) in [6.45, 7) is 3.95. The Morgan fingerprint density at radius 2 is 1.93 bits per heavy atom. The summed E-state index contributed by atoms with van der Waals surface area (Å²) >= 11 is 1.41. The Hall–Kier alpha value is -2.34. The minimum absolute atomic E-state index is 0. The maximum absolute atomic E-state index is 12.4. The van der Waals surface area contributed by atoms with Gasteiger partial charge >= 0.3 is 0 Å². The minimum atomic E-state index is -0.0912. The van der Waals surface area contributed by atoms with Crippen LogP contribution in [0.1, 0.15) is 30.5 Å². The Kier molecular flexibility index (Phi) is 5.29. The van der Waals surface area contributed by atoms with Gasteiger partial charge < -0.3 is 15.8 Å². The first kappa shape index (κ1) is 19.4. The van der Waals surface area contributed by atoms with Crippen molar-refractivity contribution >= 4 is 44.7 Å². The van der Waals surface area contributed by atoms with Crippen LogP contribution >= 0.6 is 23.7 Å². The smallest absolute Gasteiger partial charge is 0.266 e. The van der Waals surface area contributed by atoms with Gasteiger partial charge in [-0.05, 0) is 47.5 Å². The highest BCUT2D eigenvalue weighted by Crippen LogP contribution is 2.41. The predicted octanol–water partition coefficient (Wildman–Crippen LogP) is 5.26. The molecule has 4 N–H and O–H groups in total. The number of aromatic hydroxyl groups is 1. The number of aryl methyl sites for hydroxylation is 1. The van der Waals surface area contributed by atoms with E-state index < -0.39 is 0 Å². The molecule has 0 radical (unpaired) electrons. The number of hydrogen-bond donors (Lipinski definition) is 3. The molecule has 0 aliphatic carbocycles. The molecule has 0 saturated heterocycles. The van der Waals surface area contributed by atoms with E-state index in [1.807, 2.05) is 42.6 Å². The lowest BCUT2D eigenvalue weighted by Gasteiger charge is -2.14. The molecule has 6 heteroatoms. The number of phenols is 1. The normalized spacial score (nSPS) is 12.3. The maximum atomic E-state index is 12.4. The number of aromatic nitrogens is 1. The SMILES string of the molecule is CCC(N)c1ccc(-c2c(O)cc(C)c3[nH]c(=O)c4sccc4c23)cc1.Cl. The fraction of sp³-hybridized carbons (Fsp3) is 0.190. The molecule has 2 aromatic heterocycles. The van der Waals surface area contributed by atoms with Crippen LogP contribution in [0.15, 0.2) is 46.6 Å². The highest BCUT2D eigenvalue weighted by Gasteiger charge is 2.17. The third kappa shape index (κ3) is 3.12. The van der Waals surface area contributed by atoms with Gasteiger partial charge in [-0.3, -0.25) is 4.79 Å². The van der Waals surface area contributed by atoms with E-state index in [0.717, 1.165) is 45.0 Å². The zero-order valence-corrected chi connectivity index (χ0v) is 16.7. The number of fused-ring (bicyclic) bond motifs is 3. The zero-order chi connectivity index (χ0) is 18.4. The van der Waals surface area contributed by atoms with E-state index in [2.05, 4.69) is 11.9 Å². The third-order valence-electron chi connectivity index (χ3n) is 4.95. The maximum Gasteiger partial charge on any atom is 0.266 e. The van der Waals surface area contributed by atoms with Crippen LogP contribution in [0.3, 0.4) is 0 Å². The molecule has 2 aromatic carbocycles. The molecule has 4 aromatic rings. The third-order valence-corrected chi connectivity index (χ3v) is 5.86. The Morgan fingerprint density at radius 3 is 2.59 bits per heavy atom. The predicted molar refractivity (Wildman–Crippen MR) is 116 cm³/mol. The second kappa shape index (κ2) is 7.35. The molecule has 0 aliphatic rings. The van der Waals surface area contributed by atoms with Crippen molar-refractivity contribution in [2.24, 2.45) is 5.73 Å². The molecule has 0 spiro atoms. The van der Waals surface area contributed by atoms with Gasteiger partial charge in [-0.15, -0.1) is 23.7 Å². The van der Waals surface area contributed by atoms with Gasteiger partial charge in [0, 0.05) is 22.4 Å². The number of H-pyrrole nitrogens is 1. The van der Waals surface area contributed by atoms with Crippen molar-refractivity contribution in [2.75, 3.05) is 0 Å². The number of rotatable bonds is 3. The number of phenolic OH excluding ortho intramolecular Hbond substituents is 1. The van der Waals surface area contributed by atoms with Crippen molar-refractivity contribution in [3.05, 3.63) is 63.3 Å². The molecule has 4 rings (SSSR count). The first-order chi connectivity index (χ1) is 12.5. The molecule has 0 aliphatic heterocycles. The van der Waals surface area contributed by atoms with Gasteiger partial charge in [0.2, 0.25) is 0 Å². The van der Waals surface area contributed by atoms with E-state index in [0.29, 0.717) is 4.70 Å². The topological polar surface area (TPSA) is 79.1 Å². The van der Waals surface area contributed by atoms with Crippen LogP contribution in [0.5, 0.6) is 5.75 Å². The van der Waals surface area contributed by atoms with Gasteiger partial charge in [0.15, 0.2) is 0 Å². The van der Waals surface area contributed by atoms with Gasteiger partial charge in [-0.2, -0.15) is 0 Å². The summed E-state index contributed by atoms with van der Waals surface area (Å²) in [5, 5.41) is 14.4. The van der Waals surface area contributed by atoms with Crippen molar-refractivity contribution < 1.29 is 5.11 Å². The summed E-state index contributed by atoms with van der Waals surface area (Å²) in [5.41, 5.74) is 10.3. The van der Waals surface area contributed by atoms with Gasteiger partial charge in [-0.1, -0.05) is 31.2 Å². The molecule has 0 bridgehead atoms. The van der Waals surface area contributed by atoms with E-state index in [-0.39, 0.29) is 29.8 Å². The summed E-state index contributed by atoms with van der Waals surface area (Å²) in [5.74, 6) is 0.210. The molecule has 2 heterocycles. The van der Waals surface area contributed by atoms with Crippen LogP contribution in [0.4, 0.5) is 0 Å². The van der Waals surface area contributed by atoms with Gasteiger partial charge in [0.25, 0.3) is 5.56 Å². The quantitative estimate of drug-likeness (QED) is 0.439. The number of halogens is 1. The van der Waals surface area contributed by atoms with Crippen LogP contribution < -0.4 is 11.3 Å². The number of nitrogens with one attached hydrogen (secondary N) is 1. The standard InChI is InChI=1S/C21H20N2O2S.ClH/c1-3-15(22)12-4-6-13(7-5-12)17-16(24)10-11(2)19-18(17)14-8-9-26-20(14)21(25)23-19;/h4-10,15,24H,3,22H2,1-2H3,(H,23,25);1H. The molecule has 0 amide bonds. The average molecular weight is 401 g/mol. The lowest BCUT2D eigenvalue weighted by atomic mass is 9.93. The Bertz CT molecular complexity index is 1180. The van der Waals surface area contributed by atoms with E-state index in [1.54, 1.807) is 6.07 Å². The summed E-state index contributed by atoms with van der Waals surface area (Å²) in [6, 6.07) is 11.6. The molecular formula is C21H21ClN2O2S. The first-order valence-electron chi connectivity index (χ1n) is 8.63. The fourth-order valence-corrected chi connectivity index (χ4v) is 4.30. The largest absolute Gasteiger partial charge is 0.507 e. The summed E-state index contributed by atoms with van der Waals surface area (Å²) in [6.07, 6.45) is 0.870. The molecule has 1 atom stereocenters. The van der Waals surface area contributed by atoms with Crippen LogP contribution in [0.2, 0.25) is 0 Å². The molecule has 27 heavy (non-hydrogen) atoms. The highest BCUT2D eigenvalue weighted by atomic mass is 35.5. The lowest BCUT2D eigenvalue weighted by molar-refractivity contribution is 0.477. The molecule has 0 saturated carbocycles. The van der Waals surface area contributed by atoms with Gasteiger partial charge in [0.05, 0.1) is 5.52 Å². The van der Waals surface area contributed by atoms with E-state index in [4.69, 9.17) is 5.73 Å². The second-order valence-corrected chi connectivity index (χ2v) is 7.51. The summed E-state index contributed by atoms with van der Waals surface area (Å²) in [7, 11) is 0. The molecular weight excluding hydrogens is 380 g/mol. The average Bonchev–Trinajstić information content (AvgIpc) is 3.13. The van der Waals surface area contributed by atoms with Crippen LogP contribution in [-0.4, -0.2) is 10.1 Å². The first-order valence-corrected chi connectivity index (χ1v) is 9.51. The molecule has 4 nitrogen and oxygen atoms in total. The summed E-state index contributed by atoms with van der Waals surface area (Å²) in [4.78, 5) is 15.4. The van der Waals surface area contributed by atoms with E-state index in [9.17, 15) is 9.90 Å². The van der Waals surface area contributed by atoms with Crippen molar-refractivity contribution in [2.45, 2.75) is 26.3 Å². The second-order valence-electron chi connectivity index (χ2n) is 6.59. The minimum Gasteiger partial charge on any atom is -0.507 e. The number of thiophene rings is 1. The van der Waals surface area contributed by atoms with Crippen molar-refractivity contribution in [3.8, 4) is 16.9 Å². The van der Waals surface area contributed by atoms with E-state index in [1.165, 1.54) is 11.3 Å². The van der Waals surface area contributed by atoms with Gasteiger partial charge in [-0.25, -0.2) is 0 Å². The van der Waals surface area contributed by atoms with Crippen LogP contribution in [0, 0.1) is 6.92 Å². The van der Waals surface area contributed by atoms with Crippen LogP contribution in [0.25, 0.3) is 32.1 Å². The number of hydrogen-bond acceptors (Lipinski definition) is 4. The van der Waals surface area contributed by atoms with Gasteiger partial charge in [0.1, 0.15) is 10.4 Å². The Morgan fingerprint density at radius 1 is 1.22 bits per heavy atom. The van der Waals surface area contributed by atoms with Crippen LogP contribution in [-0.2, 0) is 0 Å². The summed E-state index contributed by atoms with van der Waals surface area (Å²) < 4.78 is 0.674. The van der Waals surface area contributed by atoms with Crippen molar-refractivity contribution in [1.29, 1.82) is 0 Å². The monoisotopic (exact) mass is 400 g/mol. The van der Waals surface area contributed by atoms with Crippen molar-refractivity contribution in [3.63, 3.8) is 0 Å². The number of nitrogens with two attached hydrogens (primary N) is 1. The molecule has 1 unspecified atom stereocenters. The fourth-order valence-electron chi connectivity index (χ4n) is 3.51. The highest BCUT2D eigenvalue weighted by molar-refractivity contribution is 7.17. The number of pyridine rings is 1. The molecule has 140 valence electrons. The lowest BCUT2D eigenvalue weighted by Crippen LogP contribution is -2.08. The number of aromatic amines is 1. The number of benzene rings is 2. The Balaban J connectivity index is 0.00000210. The molecule has 0 fully saturated rings. The zero-order valence-electron chi connectivity index (χ0n) is 15.1.